The number of amides is 1. The molecule has 8 heteroatoms. The van der Waals surface area contributed by atoms with Crippen LogP contribution in [0.1, 0.15) is 41.4 Å². The molecule has 0 unspecified atom stereocenters. The van der Waals surface area contributed by atoms with Crippen LogP contribution in [0.25, 0.3) is 11.0 Å². The van der Waals surface area contributed by atoms with E-state index in [2.05, 4.69) is 34.4 Å². The molecule has 0 atom stereocenters. The van der Waals surface area contributed by atoms with Crippen molar-refractivity contribution in [3.63, 3.8) is 0 Å². The van der Waals surface area contributed by atoms with Gasteiger partial charge in [0.05, 0.1) is 11.1 Å². The van der Waals surface area contributed by atoms with Crippen LogP contribution >= 0.6 is 11.8 Å². The normalized spacial score (nSPS) is 11.0. The molecule has 0 fully saturated rings. The highest BCUT2D eigenvalue weighted by atomic mass is 32.2. The number of hydrogen-bond donors (Lipinski definition) is 3. The molecule has 190 valence electrons. The molecule has 0 aliphatic rings. The molecule has 5 rings (SSSR count). The first-order valence-electron chi connectivity index (χ1n) is 12.3. The second-order valence-electron chi connectivity index (χ2n) is 9.16. The number of carbonyl (C=O) groups excluding carboxylic acids is 1. The minimum Gasteiger partial charge on any atom is -0.399 e. The Morgan fingerprint density at radius 2 is 1.74 bits per heavy atom. The summed E-state index contributed by atoms with van der Waals surface area (Å²) in [7, 11) is 0. The number of nitrogens with zero attached hydrogens (tertiary/aromatic N) is 3. The molecule has 0 aliphatic carbocycles. The summed E-state index contributed by atoms with van der Waals surface area (Å²) in [6.45, 7) is 4.65. The van der Waals surface area contributed by atoms with Crippen molar-refractivity contribution < 1.29 is 4.79 Å². The second-order valence-corrected chi connectivity index (χ2v) is 10.3. The van der Waals surface area contributed by atoms with Crippen LogP contribution in [0.4, 0.5) is 17.2 Å². The van der Waals surface area contributed by atoms with Crippen molar-refractivity contribution in [1.29, 1.82) is 0 Å². The standard InChI is InChI=1S/C30H28N6OS/c1-19(2)25-14-13-24-28(35-25)33-18-34-29(24)36-26-16-21(30(37)32-17-20-6-4-3-5-7-20)8-15-27(26)38-23-11-9-22(31)10-12-23/h3-16,18-19H,17,31H2,1-2H3,(H,32,37)(H,33,34,35,36). The zero-order valence-electron chi connectivity index (χ0n) is 21.2. The summed E-state index contributed by atoms with van der Waals surface area (Å²) < 4.78 is 0. The predicted molar refractivity (Wildman–Crippen MR) is 154 cm³/mol. The lowest BCUT2D eigenvalue weighted by molar-refractivity contribution is 0.0951. The fourth-order valence-electron chi connectivity index (χ4n) is 3.91. The fraction of sp³-hybridized carbons (Fsp3) is 0.133. The molecule has 0 saturated heterocycles. The number of pyridine rings is 1. The van der Waals surface area contributed by atoms with Gasteiger partial charge in [0.15, 0.2) is 5.65 Å². The van der Waals surface area contributed by atoms with Gasteiger partial charge in [0.1, 0.15) is 12.1 Å². The van der Waals surface area contributed by atoms with Gasteiger partial charge in [0.2, 0.25) is 0 Å². The zero-order valence-corrected chi connectivity index (χ0v) is 22.0. The zero-order chi connectivity index (χ0) is 26.5. The van der Waals surface area contributed by atoms with E-state index in [1.54, 1.807) is 11.8 Å². The van der Waals surface area contributed by atoms with E-state index in [4.69, 9.17) is 10.7 Å². The Bertz CT molecular complexity index is 1570. The lowest BCUT2D eigenvalue weighted by atomic mass is 10.1. The molecule has 3 aromatic carbocycles. The largest absolute Gasteiger partial charge is 0.399 e. The Morgan fingerprint density at radius 3 is 2.50 bits per heavy atom. The van der Waals surface area contributed by atoms with Crippen LogP contribution in [0.15, 0.2) is 101 Å². The molecule has 4 N–H and O–H groups in total. The first kappa shape index (κ1) is 25.2. The number of nitrogen functional groups attached to an aromatic ring is 1. The number of carbonyl (C=O) groups is 1. The van der Waals surface area contributed by atoms with Gasteiger partial charge in [-0.15, -0.1) is 0 Å². The molecule has 1 amide bonds. The number of rotatable bonds is 8. The van der Waals surface area contributed by atoms with Gasteiger partial charge in [-0.3, -0.25) is 4.79 Å². The van der Waals surface area contributed by atoms with Crippen LogP contribution in [0.3, 0.4) is 0 Å². The van der Waals surface area contributed by atoms with Crippen molar-refractivity contribution in [2.45, 2.75) is 36.1 Å². The van der Waals surface area contributed by atoms with Crippen LogP contribution in [-0.2, 0) is 6.54 Å². The maximum absolute atomic E-state index is 13.0. The summed E-state index contributed by atoms with van der Waals surface area (Å²) in [6, 6.07) is 27.1. The maximum Gasteiger partial charge on any atom is 0.251 e. The van der Waals surface area contributed by atoms with Crippen LogP contribution in [0.2, 0.25) is 0 Å². The summed E-state index contributed by atoms with van der Waals surface area (Å²) in [4.78, 5) is 28.6. The van der Waals surface area contributed by atoms with Crippen LogP contribution in [0.5, 0.6) is 0 Å². The Balaban J connectivity index is 1.48. The highest BCUT2D eigenvalue weighted by Crippen LogP contribution is 2.36. The number of benzene rings is 3. The molecule has 38 heavy (non-hydrogen) atoms. The number of fused-ring (bicyclic) bond motifs is 1. The number of hydrogen-bond acceptors (Lipinski definition) is 7. The van der Waals surface area contributed by atoms with Gasteiger partial charge in [0.25, 0.3) is 5.91 Å². The molecule has 0 bridgehead atoms. The monoisotopic (exact) mass is 520 g/mol. The van der Waals surface area contributed by atoms with Gasteiger partial charge in [-0.25, -0.2) is 15.0 Å². The van der Waals surface area contributed by atoms with Crippen molar-refractivity contribution in [1.82, 2.24) is 20.3 Å². The first-order valence-corrected chi connectivity index (χ1v) is 13.2. The summed E-state index contributed by atoms with van der Waals surface area (Å²) >= 11 is 1.58. The number of anilines is 3. The van der Waals surface area contributed by atoms with Crippen molar-refractivity contribution in [3.8, 4) is 0 Å². The Morgan fingerprint density at radius 1 is 0.947 bits per heavy atom. The number of aromatic nitrogens is 3. The molecule has 2 heterocycles. The Kier molecular flexibility index (Phi) is 7.51. The maximum atomic E-state index is 13.0. The SMILES string of the molecule is CC(C)c1ccc2c(Nc3cc(C(=O)NCc4ccccc4)ccc3Sc3ccc(N)cc3)ncnc2n1. The van der Waals surface area contributed by atoms with Gasteiger partial charge in [-0.2, -0.15) is 0 Å². The smallest absolute Gasteiger partial charge is 0.251 e. The average molecular weight is 521 g/mol. The van der Waals surface area contributed by atoms with E-state index in [1.165, 1.54) is 6.33 Å². The summed E-state index contributed by atoms with van der Waals surface area (Å²) in [5, 5.41) is 7.26. The summed E-state index contributed by atoms with van der Waals surface area (Å²) in [5.74, 6) is 0.760. The molecule has 2 aromatic heterocycles. The van der Waals surface area contributed by atoms with Crippen LogP contribution < -0.4 is 16.4 Å². The van der Waals surface area contributed by atoms with E-state index < -0.39 is 0 Å². The Labute approximate surface area is 225 Å². The highest BCUT2D eigenvalue weighted by molar-refractivity contribution is 7.99. The van der Waals surface area contributed by atoms with E-state index in [0.29, 0.717) is 35.2 Å². The third kappa shape index (κ3) is 5.92. The van der Waals surface area contributed by atoms with Crippen molar-refractivity contribution in [2.75, 3.05) is 11.1 Å². The minimum absolute atomic E-state index is 0.156. The molecule has 0 saturated carbocycles. The van der Waals surface area contributed by atoms with E-state index in [1.807, 2.05) is 84.9 Å². The highest BCUT2D eigenvalue weighted by Gasteiger charge is 2.14. The molecule has 0 aliphatic heterocycles. The quantitative estimate of drug-likeness (QED) is 0.199. The van der Waals surface area contributed by atoms with Crippen molar-refractivity contribution in [2.24, 2.45) is 0 Å². The Hall–Kier alpha value is -4.43. The lowest BCUT2D eigenvalue weighted by Crippen LogP contribution is -2.22. The molecule has 7 nitrogen and oxygen atoms in total. The summed E-state index contributed by atoms with van der Waals surface area (Å²) in [6.07, 6.45) is 1.50. The van der Waals surface area contributed by atoms with Crippen molar-refractivity contribution >= 4 is 45.9 Å². The molecular weight excluding hydrogens is 492 g/mol. The van der Waals surface area contributed by atoms with E-state index in [-0.39, 0.29) is 5.91 Å². The lowest BCUT2D eigenvalue weighted by Gasteiger charge is -2.15. The second kappa shape index (κ2) is 11.3. The van der Waals surface area contributed by atoms with Gasteiger partial charge >= 0.3 is 0 Å². The predicted octanol–water partition coefficient (Wildman–Crippen LogP) is 6.56. The van der Waals surface area contributed by atoms with E-state index >= 15 is 0 Å². The summed E-state index contributed by atoms with van der Waals surface area (Å²) in [5.41, 5.74) is 10.5. The molecule has 0 radical (unpaired) electrons. The third-order valence-corrected chi connectivity index (χ3v) is 7.09. The number of nitrogens with one attached hydrogen (secondary N) is 2. The van der Waals surface area contributed by atoms with Gasteiger partial charge in [-0.05, 0) is 66.1 Å². The van der Waals surface area contributed by atoms with Gasteiger partial charge in [-0.1, -0.05) is 55.9 Å². The van der Waals surface area contributed by atoms with Crippen LogP contribution in [0, 0.1) is 0 Å². The fourth-order valence-corrected chi connectivity index (χ4v) is 4.79. The molecule has 0 spiro atoms. The topological polar surface area (TPSA) is 106 Å². The average Bonchev–Trinajstić information content (AvgIpc) is 2.94. The molecule has 5 aromatic rings. The minimum atomic E-state index is -0.156. The first-order chi connectivity index (χ1) is 18.5. The van der Waals surface area contributed by atoms with Crippen LogP contribution in [-0.4, -0.2) is 20.9 Å². The van der Waals surface area contributed by atoms with Gasteiger partial charge < -0.3 is 16.4 Å². The molecular formula is C30H28N6OS. The van der Waals surface area contributed by atoms with Crippen molar-refractivity contribution in [3.05, 3.63) is 108 Å². The third-order valence-electron chi connectivity index (χ3n) is 6.01. The number of nitrogens with two attached hydrogens (primary N) is 1. The van der Waals surface area contributed by atoms with Gasteiger partial charge in [0, 0.05) is 33.3 Å². The van der Waals surface area contributed by atoms with E-state index in [9.17, 15) is 4.79 Å². The van der Waals surface area contributed by atoms with E-state index in [0.717, 1.165) is 32.1 Å².